The highest BCUT2D eigenvalue weighted by molar-refractivity contribution is 5.67. The number of rotatable bonds is 5. The lowest BCUT2D eigenvalue weighted by atomic mass is 10.2. The van der Waals surface area contributed by atoms with Gasteiger partial charge >= 0.3 is 11.2 Å². The average Bonchev–Trinajstić information content (AvgIpc) is 2.45. The normalized spacial score (nSPS) is 10.8. The van der Waals surface area contributed by atoms with Gasteiger partial charge in [-0.1, -0.05) is 18.2 Å². The van der Waals surface area contributed by atoms with Gasteiger partial charge in [0.1, 0.15) is 11.6 Å². The van der Waals surface area contributed by atoms with Crippen LogP contribution in [0.3, 0.4) is 0 Å². The topological polar surface area (TPSA) is 118 Å². The van der Waals surface area contributed by atoms with Crippen molar-refractivity contribution in [2.24, 2.45) is 0 Å². The van der Waals surface area contributed by atoms with Gasteiger partial charge in [0.05, 0.1) is 11.5 Å². The predicted molar refractivity (Wildman–Crippen MR) is 79.7 cm³/mol. The maximum Gasteiger partial charge on any atom is 0.395 e. The van der Waals surface area contributed by atoms with Crippen LogP contribution >= 0.6 is 0 Å². The Labute approximate surface area is 124 Å². The summed E-state index contributed by atoms with van der Waals surface area (Å²) in [6.45, 7) is 2.41. The van der Waals surface area contributed by atoms with Crippen molar-refractivity contribution in [3.05, 3.63) is 56.1 Å². The lowest BCUT2D eigenvalue weighted by Gasteiger charge is -2.03. The van der Waals surface area contributed by atoms with E-state index in [1.165, 1.54) is 6.08 Å². The van der Waals surface area contributed by atoms with Crippen LogP contribution in [0.5, 0.6) is 11.6 Å². The fraction of sp³-hybridized carbons (Fsp3) is 0.143. The molecule has 0 aliphatic heterocycles. The van der Waals surface area contributed by atoms with Crippen LogP contribution < -0.4 is 10.3 Å². The number of nitrogens with one attached hydrogen (secondary N) is 1. The van der Waals surface area contributed by atoms with Gasteiger partial charge in [-0.2, -0.15) is 4.98 Å². The number of hydrogen-bond donors (Lipinski definition) is 2. The van der Waals surface area contributed by atoms with Crippen LogP contribution in [0.4, 0.5) is 5.69 Å². The summed E-state index contributed by atoms with van der Waals surface area (Å²) in [5.41, 5.74) is -1.21. The van der Waals surface area contributed by atoms with Gasteiger partial charge in [0.2, 0.25) is 0 Å². The molecule has 8 heteroatoms. The molecule has 0 aliphatic rings. The van der Waals surface area contributed by atoms with Crippen molar-refractivity contribution in [2.75, 3.05) is 6.61 Å². The number of nitrogens with zero attached hydrogens (tertiary/aromatic N) is 2. The molecule has 2 rings (SSSR count). The molecule has 2 aromatic rings. The monoisotopic (exact) mass is 303 g/mol. The summed E-state index contributed by atoms with van der Waals surface area (Å²) in [6.07, 6.45) is 3.06. The molecule has 0 saturated carbocycles. The molecule has 0 bridgehead atoms. The highest BCUT2D eigenvalue weighted by Gasteiger charge is 2.21. The van der Waals surface area contributed by atoms with Crippen LogP contribution in [0.15, 0.2) is 29.1 Å². The fourth-order valence-electron chi connectivity index (χ4n) is 1.77. The Hall–Kier alpha value is -3.16. The molecule has 0 aliphatic carbocycles. The Bertz CT molecular complexity index is 782. The van der Waals surface area contributed by atoms with Crippen LogP contribution in [0.1, 0.15) is 18.3 Å². The summed E-state index contributed by atoms with van der Waals surface area (Å²) in [5.74, 6) is -0.218. The highest BCUT2D eigenvalue weighted by atomic mass is 16.6. The van der Waals surface area contributed by atoms with Gasteiger partial charge in [-0.3, -0.25) is 14.9 Å². The van der Waals surface area contributed by atoms with Crippen molar-refractivity contribution in [3.8, 4) is 11.6 Å². The Morgan fingerprint density at radius 3 is 2.86 bits per heavy atom. The molecule has 0 unspecified atom stereocenters. The Balaban J connectivity index is 2.29. The van der Waals surface area contributed by atoms with Crippen LogP contribution in [0.25, 0.3) is 12.2 Å². The molecule has 22 heavy (non-hydrogen) atoms. The van der Waals surface area contributed by atoms with Crippen molar-refractivity contribution in [1.29, 1.82) is 0 Å². The van der Waals surface area contributed by atoms with Crippen molar-refractivity contribution in [1.82, 2.24) is 9.97 Å². The first-order valence-electron chi connectivity index (χ1n) is 6.40. The molecule has 1 aromatic carbocycles. The molecular formula is C14H13N3O5. The Kier molecular flexibility index (Phi) is 4.52. The third kappa shape index (κ3) is 3.48. The average molecular weight is 303 g/mol. The fourth-order valence-corrected chi connectivity index (χ4v) is 1.77. The molecule has 0 spiro atoms. The SMILES string of the molecule is CCOc1cccc(C=Cc2nc(O)c([N+](=O)[O-])c(=O)[nH]2)c1. The molecule has 1 aromatic heterocycles. The second kappa shape index (κ2) is 6.53. The first-order valence-corrected chi connectivity index (χ1v) is 6.40. The quantitative estimate of drug-likeness (QED) is 0.643. The van der Waals surface area contributed by atoms with Gasteiger partial charge in [-0.05, 0) is 30.7 Å². The number of ether oxygens (including phenoxy) is 1. The number of nitro groups is 1. The van der Waals surface area contributed by atoms with Gasteiger partial charge in [-0.25, -0.2) is 0 Å². The van der Waals surface area contributed by atoms with Gasteiger partial charge in [0.25, 0.3) is 5.88 Å². The van der Waals surface area contributed by atoms with E-state index in [1.54, 1.807) is 24.3 Å². The lowest BCUT2D eigenvalue weighted by molar-refractivity contribution is -0.387. The first-order chi connectivity index (χ1) is 10.5. The molecule has 1 heterocycles. The van der Waals surface area contributed by atoms with Gasteiger partial charge < -0.3 is 14.8 Å². The minimum atomic E-state index is -1.01. The van der Waals surface area contributed by atoms with Crippen molar-refractivity contribution in [3.63, 3.8) is 0 Å². The zero-order valence-corrected chi connectivity index (χ0v) is 11.6. The molecule has 0 saturated heterocycles. The summed E-state index contributed by atoms with van der Waals surface area (Å²) in [5, 5.41) is 20.0. The largest absolute Gasteiger partial charge is 0.494 e. The molecule has 0 amide bonds. The summed E-state index contributed by atoms with van der Waals surface area (Å²) in [7, 11) is 0. The summed E-state index contributed by atoms with van der Waals surface area (Å²) in [4.78, 5) is 26.9. The van der Waals surface area contributed by atoms with E-state index in [2.05, 4.69) is 9.97 Å². The predicted octanol–water partition coefficient (Wildman–Crippen LogP) is 1.95. The standard InChI is InChI=1S/C14H13N3O5/c1-2-22-10-5-3-4-9(8-10)6-7-11-15-13(18)12(17(20)21)14(19)16-11/h3-8H,2H2,1H3,(H2,15,16,18,19). The van der Waals surface area contributed by atoms with Crippen molar-refractivity contribution < 1.29 is 14.8 Å². The zero-order chi connectivity index (χ0) is 16.1. The van der Waals surface area contributed by atoms with Crippen molar-refractivity contribution in [2.45, 2.75) is 6.92 Å². The van der Waals surface area contributed by atoms with Gasteiger partial charge in [0, 0.05) is 0 Å². The second-order valence-electron chi connectivity index (χ2n) is 4.22. The summed E-state index contributed by atoms with van der Waals surface area (Å²) in [6, 6.07) is 7.19. The van der Waals surface area contributed by atoms with E-state index < -0.39 is 22.0 Å². The third-order valence-corrected chi connectivity index (χ3v) is 2.68. The van der Waals surface area contributed by atoms with E-state index in [9.17, 15) is 20.0 Å². The minimum Gasteiger partial charge on any atom is -0.494 e. The Morgan fingerprint density at radius 2 is 2.23 bits per heavy atom. The minimum absolute atomic E-state index is 0.00918. The van der Waals surface area contributed by atoms with Crippen LogP contribution in [0, 0.1) is 10.1 Å². The van der Waals surface area contributed by atoms with Gasteiger partial charge in [0.15, 0.2) is 0 Å². The van der Waals surface area contributed by atoms with E-state index in [1.807, 2.05) is 13.0 Å². The molecule has 0 fully saturated rings. The van der Waals surface area contributed by atoms with Crippen LogP contribution in [-0.4, -0.2) is 26.6 Å². The van der Waals surface area contributed by atoms with Crippen LogP contribution in [-0.2, 0) is 0 Å². The molecule has 2 N–H and O–H groups in total. The van der Waals surface area contributed by atoms with E-state index >= 15 is 0 Å². The third-order valence-electron chi connectivity index (χ3n) is 2.68. The number of benzene rings is 1. The maximum atomic E-state index is 11.5. The highest BCUT2D eigenvalue weighted by Crippen LogP contribution is 2.18. The summed E-state index contributed by atoms with van der Waals surface area (Å²) < 4.78 is 5.36. The lowest BCUT2D eigenvalue weighted by Crippen LogP contribution is -2.14. The number of hydrogen-bond acceptors (Lipinski definition) is 6. The number of H-pyrrole nitrogens is 1. The van der Waals surface area contributed by atoms with E-state index in [4.69, 9.17) is 4.74 Å². The maximum absolute atomic E-state index is 11.5. The molecule has 0 radical (unpaired) electrons. The zero-order valence-electron chi connectivity index (χ0n) is 11.6. The van der Waals surface area contributed by atoms with Crippen LogP contribution in [0.2, 0.25) is 0 Å². The smallest absolute Gasteiger partial charge is 0.395 e. The second-order valence-corrected chi connectivity index (χ2v) is 4.22. The van der Waals surface area contributed by atoms with Gasteiger partial charge in [-0.15, -0.1) is 0 Å². The Morgan fingerprint density at radius 1 is 1.45 bits per heavy atom. The molecule has 8 nitrogen and oxygen atoms in total. The van der Waals surface area contributed by atoms with E-state index in [0.717, 1.165) is 5.56 Å². The molecule has 114 valence electrons. The number of aromatic amines is 1. The first kappa shape index (κ1) is 15.2. The number of aromatic hydroxyl groups is 1. The molecule has 0 atom stereocenters. The van der Waals surface area contributed by atoms with E-state index in [0.29, 0.717) is 12.4 Å². The van der Waals surface area contributed by atoms with E-state index in [-0.39, 0.29) is 5.82 Å². The molecular weight excluding hydrogens is 290 g/mol. The van der Waals surface area contributed by atoms with Crippen molar-refractivity contribution >= 4 is 17.8 Å². The number of aromatic nitrogens is 2. The summed E-state index contributed by atoms with van der Waals surface area (Å²) >= 11 is 0.